The molecule has 1 atom stereocenters. The SMILES string of the molecule is CC(C)N(C(C)C)C(C)C1CCCCC1. The van der Waals surface area contributed by atoms with Crippen LogP contribution in [0.2, 0.25) is 0 Å². The summed E-state index contributed by atoms with van der Waals surface area (Å²) in [4.78, 5) is 2.69. The van der Waals surface area contributed by atoms with Crippen molar-refractivity contribution in [1.29, 1.82) is 0 Å². The highest BCUT2D eigenvalue weighted by Gasteiger charge is 2.28. The van der Waals surface area contributed by atoms with Crippen molar-refractivity contribution >= 4 is 0 Å². The van der Waals surface area contributed by atoms with Gasteiger partial charge in [0.25, 0.3) is 0 Å². The van der Waals surface area contributed by atoms with Crippen LogP contribution in [0.5, 0.6) is 0 Å². The third-order valence-corrected chi connectivity index (χ3v) is 3.99. The van der Waals surface area contributed by atoms with Crippen LogP contribution in [0.3, 0.4) is 0 Å². The van der Waals surface area contributed by atoms with E-state index in [9.17, 15) is 0 Å². The van der Waals surface area contributed by atoms with Crippen molar-refractivity contribution in [3.8, 4) is 0 Å². The molecule has 0 aliphatic heterocycles. The molecule has 1 saturated carbocycles. The third-order valence-electron chi connectivity index (χ3n) is 3.99. The molecule has 0 aromatic carbocycles. The highest BCUT2D eigenvalue weighted by molar-refractivity contribution is 4.82. The van der Waals surface area contributed by atoms with Crippen LogP contribution < -0.4 is 0 Å². The maximum absolute atomic E-state index is 2.69. The van der Waals surface area contributed by atoms with E-state index in [4.69, 9.17) is 0 Å². The van der Waals surface area contributed by atoms with Crippen molar-refractivity contribution in [3.05, 3.63) is 0 Å². The molecule has 1 aliphatic rings. The Morgan fingerprint density at radius 3 is 1.67 bits per heavy atom. The number of hydrogen-bond acceptors (Lipinski definition) is 1. The van der Waals surface area contributed by atoms with Crippen LogP contribution in [0.4, 0.5) is 0 Å². The molecule has 0 spiro atoms. The normalized spacial score (nSPS) is 21.6. The Hall–Kier alpha value is -0.0400. The van der Waals surface area contributed by atoms with Gasteiger partial charge < -0.3 is 0 Å². The summed E-state index contributed by atoms with van der Waals surface area (Å²) in [6.07, 6.45) is 7.29. The molecule has 0 amide bonds. The van der Waals surface area contributed by atoms with Crippen molar-refractivity contribution in [1.82, 2.24) is 4.90 Å². The Morgan fingerprint density at radius 2 is 1.27 bits per heavy atom. The summed E-state index contributed by atoms with van der Waals surface area (Å²) in [6.45, 7) is 11.8. The van der Waals surface area contributed by atoms with Crippen LogP contribution >= 0.6 is 0 Å². The van der Waals surface area contributed by atoms with Crippen LogP contribution in [0, 0.1) is 5.92 Å². The zero-order valence-corrected chi connectivity index (χ0v) is 11.3. The van der Waals surface area contributed by atoms with Gasteiger partial charge in [0.1, 0.15) is 0 Å². The van der Waals surface area contributed by atoms with Gasteiger partial charge in [0.05, 0.1) is 0 Å². The Morgan fingerprint density at radius 1 is 0.800 bits per heavy atom. The Bertz CT molecular complexity index is 160. The molecule has 0 saturated heterocycles. The first-order valence-electron chi connectivity index (χ1n) is 6.81. The van der Waals surface area contributed by atoms with Crippen LogP contribution in [-0.2, 0) is 0 Å². The molecule has 1 unspecified atom stereocenters. The average molecular weight is 211 g/mol. The van der Waals surface area contributed by atoms with E-state index in [0.29, 0.717) is 12.1 Å². The van der Waals surface area contributed by atoms with E-state index in [1.165, 1.54) is 32.1 Å². The lowest BCUT2D eigenvalue weighted by Crippen LogP contribution is -2.47. The van der Waals surface area contributed by atoms with Gasteiger partial charge in [-0.05, 0) is 53.4 Å². The summed E-state index contributed by atoms with van der Waals surface area (Å²) in [5, 5.41) is 0. The number of rotatable bonds is 4. The molecule has 0 aromatic heterocycles. The minimum atomic E-state index is 0.682. The number of hydrogen-bond donors (Lipinski definition) is 0. The maximum atomic E-state index is 2.69. The second kappa shape index (κ2) is 5.89. The lowest BCUT2D eigenvalue weighted by molar-refractivity contribution is 0.0695. The standard InChI is InChI=1S/C14H29N/c1-11(2)15(12(3)4)13(5)14-9-7-6-8-10-14/h11-14H,6-10H2,1-5H3. The van der Waals surface area contributed by atoms with E-state index in [1.807, 2.05) is 0 Å². The first-order chi connectivity index (χ1) is 7.04. The first kappa shape index (κ1) is 13.0. The number of nitrogens with zero attached hydrogens (tertiary/aromatic N) is 1. The van der Waals surface area contributed by atoms with Gasteiger partial charge in [0.2, 0.25) is 0 Å². The van der Waals surface area contributed by atoms with E-state index in [0.717, 1.165) is 12.0 Å². The van der Waals surface area contributed by atoms with Crippen molar-refractivity contribution < 1.29 is 0 Å². The molecular weight excluding hydrogens is 182 g/mol. The molecule has 90 valence electrons. The predicted molar refractivity (Wildman–Crippen MR) is 68.1 cm³/mol. The van der Waals surface area contributed by atoms with Gasteiger partial charge in [-0.15, -0.1) is 0 Å². The Kier molecular flexibility index (Phi) is 5.11. The van der Waals surface area contributed by atoms with E-state index < -0.39 is 0 Å². The molecule has 0 bridgehead atoms. The van der Waals surface area contributed by atoms with Crippen molar-refractivity contribution in [2.24, 2.45) is 5.92 Å². The summed E-state index contributed by atoms with van der Waals surface area (Å²) in [5.74, 6) is 0.948. The van der Waals surface area contributed by atoms with Crippen molar-refractivity contribution in [2.75, 3.05) is 0 Å². The summed E-state index contributed by atoms with van der Waals surface area (Å²) in [5.41, 5.74) is 0. The predicted octanol–water partition coefficient (Wildman–Crippen LogP) is 4.07. The molecule has 1 nitrogen and oxygen atoms in total. The fourth-order valence-electron chi connectivity index (χ4n) is 3.40. The molecule has 15 heavy (non-hydrogen) atoms. The van der Waals surface area contributed by atoms with Gasteiger partial charge in [-0.25, -0.2) is 0 Å². The highest BCUT2D eigenvalue weighted by atomic mass is 15.2. The van der Waals surface area contributed by atoms with E-state index in [-0.39, 0.29) is 0 Å². The van der Waals surface area contributed by atoms with Gasteiger partial charge in [-0.3, -0.25) is 4.90 Å². The Balaban J connectivity index is 2.57. The van der Waals surface area contributed by atoms with E-state index in [2.05, 4.69) is 39.5 Å². The van der Waals surface area contributed by atoms with Gasteiger partial charge in [0.15, 0.2) is 0 Å². The fraction of sp³-hybridized carbons (Fsp3) is 1.00. The van der Waals surface area contributed by atoms with Gasteiger partial charge in [-0.1, -0.05) is 19.3 Å². The van der Waals surface area contributed by atoms with Crippen LogP contribution in [-0.4, -0.2) is 23.0 Å². The summed E-state index contributed by atoms with van der Waals surface area (Å²) < 4.78 is 0. The Labute approximate surface area is 96.2 Å². The van der Waals surface area contributed by atoms with Crippen LogP contribution in [0.15, 0.2) is 0 Å². The molecular formula is C14H29N. The zero-order valence-electron chi connectivity index (χ0n) is 11.3. The molecule has 0 heterocycles. The second-order valence-electron chi connectivity index (χ2n) is 5.77. The smallest absolute Gasteiger partial charge is 0.0101 e. The molecule has 1 aliphatic carbocycles. The van der Waals surface area contributed by atoms with Crippen molar-refractivity contribution in [3.63, 3.8) is 0 Å². The highest BCUT2D eigenvalue weighted by Crippen LogP contribution is 2.30. The quantitative estimate of drug-likeness (QED) is 0.677. The van der Waals surface area contributed by atoms with Gasteiger partial charge in [0, 0.05) is 18.1 Å². The molecule has 1 fully saturated rings. The van der Waals surface area contributed by atoms with Crippen LogP contribution in [0.1, 0.15) is 66.7 Å². The molecule has 0 radical (unpaired) electrons. The summed E-state index contributed by atoms with van der Waals surface area (Å²) >= 11 is 0. The average Bonchev–Trinajstić information content (AvgIpc) is 2.18. The van der Waals surface area contributed by atoms with Crippen molar-refractivity contribution in [2.45, 2.75) is 84.8 Å². The molecule has 0 aromatic rings. The van der Waals surface area contributed by atoms with E-state index in [1.54, 1.807) is 0 Å². The monoisotopic (exact) mass is 211 g/mol. The molecule has 1 rings (SSSR count). The second-order valence-corrected chi connectivity index (χ2v) is 5.77. The summed E-state index contributed by atoms with van der Waals surface area (Å²) in [7, 11) is 0. The summed E-state index contributed by atoms with van der Waals surface area (Å²) in [6, 6.07) is 2.13. The lowest BCUT2D eigenvalue weighted by Gasteiger charge is -2.41. The first-order valence-corrected chi connectivity index (χ1v) is 6.81. The zero-order chi connectivity index (χ0) is 11.4. The topological polar surface area (TPSA) is 3.24 Å². The van der Waals surface area contributed by atoms with Gasteiger partial charge >= 0.3 is 0 Å². The van der Waals surface area contributed by atoms with Crippen LogP contribution in [0.25, 0.3) is 0 Å². The minimum Gasteiger partial charge on any atom is -0.296 e. The maximum Gasteiger partial charge on any atom is 0.0101 e. The molecule has 0 N–H and O–H groups in total. The fourth-order valence-corrected chi connectivity index (χ4v) is 3.40. The molecule has 1 heteroatoms. The third kappa shape index (κ3) is 3.48. The largest absolute Gasteiger partial charge is 0.296 e. The van der Waals surface area contributed by atoms with E-state index >= 15 is 0 Å². The minimum absolute atomic E-state index is 0.682. The van der Waals surface area contributed by atoms with Gasteiger partial charge in [-0.2, -0.15) is 0 Å². The lowest BCUT2D eigenvalue weighted by atomic mass is 9.83.